The molecule has 0 spiro atoms. The summed E-state index contributed by atoms with van der Waals surface area (Å²) >= 11 is 0. The number of hydrogen-bond donors (Lipinski definition) is 0. The van der Waals surface area contributed by atoms with Gasteiger partial charge in [0.15, 0.2) is 0 Å². The molecule has 1 aliphatic heterocycles. The lowest BCUT2D eigenvalue weighted by Gasteiger charge is -2.27. The molecule has 0 bridgehead atoms. The van der Waals surface area contributed by atoms with Crippen molar-refractivity contribution in [2.24, 2.45) is 0 Å². The first-order chi connectivity index (χ1) is 9.25. The van der Waals surface area contributed by atoms with Gasteiger partial charge >= 0.3 is 0 Å². The Kier molecular flexibility index (Phi) is 3.22. The summed E-state index contributed by atoms with van der Waals surface area (Å²) in [6.45, 7) is 1.04. The van der Waals surface area contributed by atoms with Gasteiger partial charge in [-0.25, -0.2) is 0 Å². The Labute approximate surface area is 113 Å². The second-order valence-electron chi connectivity index (χ2n) is 5.17. The van der Waals surface area contributed by atoms with E-state index in [1.807, 2.05) is 30.5 Å². The zero-order chi connectivity index (χ0) is 13.2. The monoisotopic (exact) mass is 254 g/mol. The molecule has 1 aliphatic rings. The summed E-state index contributed by atoms with van der Waals surface area (Å²) in [4.78, 5) is 6.74. The van der Waals surface area contributed by atoms with E-state index < -0.39 is 0 Å². The Balaban J connectivity index is 2.01. The number of nitrogens with zero attached hydrogens (tertiary/aromatic N) is 2. The van der Waals surface area contributed by atoms with E-state index in [0.29, 0.717) is 5.92 Å². The maximum atomic E-state index is 5.94. The van der Waals surface area contributed by atoms with E-state index in [1.54, 1.807) is 0 Å². The first-order valence-corrected chi connectivity index (χ1v) is 6.62. The van der Waals surface area contributed by atoms with Gasteiger partial charge in [-0.1, -0.05) is 18.2 Å². The quantitative estimate of drug-likeness (QED) is 0.840. The third kappa shape index (κ3) is 2.34. The minimum absolute atomic E-state index is 0.323. The van der Waals surface area contributed by atoms with Crippen molar-refractivity contribution in [2.75, 3.05) is 20.6 Å². The van der Waals surface area contributed by atoms with Crippen molar-refractivity contribution in [2.45, 2.75) is 12.3 Å². The van der Waals surface area contributed by atoms with Crippen LogP contribution in [0.5, 0.6) is 11.5 Å². The second kappa shape index (κ2) is 5.02. The number of fused-ring (bicyclic) bond motifs is 2. The molecule has 0 saturated heterocycles. The molecule has 2 heterocycles. The molecule has 0 saturated carbocycles. The van der Waals surface area contributed by atoms with Gasteiger partial charge < -0.3 is 9.64 Å². The van der Waals surface area contributed by atoms with Crippen molar-refractivity contribution in [3.63, 3.8) is 0 Å². The Morgan fingerprint density at radius 3 is 2.74 bits per heavy atom. The minimum atomic E-state index is 0.323. The van der Waals surface area contributed by atoms with Gasteiger partial charge in [-0.2, -0.15) is 0 Å². The average Bonchev–Trinajstić information content (AvgIpc) is 2.43. The molecule has 3 nitrogen and oxygen atoms in total. The number of benzene rings is 1. The molecular formula is C16H18N2O. The van der Waals surface area contributed by atoms with E-state index in [1.165, 1.54) is 5.56 Å². The first kappa shape index (κ1) is 12.2. The molecular weight excluding hydrogens is 236 g/mol. The number of pyridine rings is 1. The summed E-state index contributed by atoms with van der Waals surface area (Å²) in [5, 5.41) is 0. The van der Waals surface area contributed by atoms with E-state index in [4.69, 9.17) is 4.74 Å². The summed E-state index contributed by atoms with van der Waals surface area (Å²) in [6, 6.07) is 12.2. The number of para-hydroxylation sites is 1. The topological polar surface area (TPSA) is 25.4 Å². The third-order valence-corrected chi connectivity index (χ3v) is 3.51. The van der Waals surface area contributed by atoms with Gasteiger partial charge in [-0.05, 0) is 45.3 Å². The molecule has 2 aromatic rings. The Morgan fingerprint density at radius 2 is 1.89 bits per heavy atom. The summed E-state index contributed by atoms with van der Waals surface area (Å²) in [7, 11) is 4.20. The zero-order valence-corrected chi connectivity index (χ0v) is 11.3. The highest BCUT2D eigenvalue weighted by atomic mass is 16.5. The van der Waals surface area contributed by atoms with Crippen LogP contribution >= 0.6 is 0 Å². The third-order valence-electron chi connectivity index (χ3n) is 3.51. The Morgan fingerprint density at radius 1 is 1.11 bits per heavy atom. The second-order valence-corrected chi connectivity index (χ2v) is 5.17. The number of ether oxygens (including phenoxy) is 1. The van der Waals surface area contributed by atoms with E-state index in [2.05, 4.69) is 36.1 Å². The summed E-state index contributed by atoms with van der Waals surface area (Å²) in [6.07, 6.45) is 2.90. The van der Waals surface area contributed by atoms with Crippen molar-refractivity contribution in [3.05, 3.63) is 53.9 Å². The van der Waals surface area contributed by atoms with Gasteiger partial charge in [0.2, 0.25) is 0 Å². The molecule has 98 valence electrons. The summed E-state index contributed by atoms with van der Waals surface area (Å²) in [5.41, 5.74) is 2.30. The van der Waals surface area contributed by atoms with Gasteiger partial charge in [-0.3, -0.25) is 4.98 Å². The van der Waals surface area contributed by atoms with Crippen LogP contribution < -0.4 is 4.74 Å². The van der Waals surface area contributed by atoms with Crippen LogP contribution in [0, 0.1) is 0 Å². The molecule has 1 aromatic carbocycles. The lowest BCUT2D eigenvalue weighted by molar-refractivity contribution is 0.373. The van der Waals surface area contributed by atoms with Crippen LogP contribution in [0.15, 0.2) is 42.6 Å². The molecule has 0 aliphatic carbocycles. The highest BCUT2D eigenvalue weighted by Gasteiger charge is 2.27. The molecule has 0 amide bonds. The van der Waals surface area contributed by atoms with Gasteiger partial charge in [0.1, 0.15) is 11.5 Å². The molecule has 0 unspecified atom stereocenters. The van der Waals surface area contributed by atoms with Crippen LogP contribution in [0.3, 0.4) is 0 Å². The highest BCUT2D eigenvalue weighted by Crippen LogP contribution is 2.44. The number of hydrogen-bond acceptors (Lipinski definition) is 3. The van der Waals surface area contributed by atoms with Crippen LogP contribution in [0.4, 0.5) is 0 Å². The van der Waals surface area contributed by atoms with Crippen molar-refractivity contribution in [1.82, 2.24) is 9.88 Å². The largest absolute Gasteiger partial charge is 0.455 e. The number of aromatic nitrogens is 1. The Bertz CT molecular complexity index is 535. The standard InChI is InChI=1S/C16H18N2O/c1-18(2)11-9-13-12-6-3-4-7-14(12)19-15-8-5-10-17-16(13)15/h3-8,10,13H,9,11H2,1-2H3/t13-/m0/s1. The fourth-order valence-electron chi connectivity index (χ4n) is 2.56. The van der Waals surface area contributed by atoms with Crippen LogP contribution in [0.25, 0.3) is 0 Å². The van der Waals surface area contributed by atoms with Gasteiger partial charge in [0.25, 0.3) is 0 Å². The first-order valence-electron chi connectivity index (χ1n) is 6.62. The maximum absolute atomic E-state index is 5.94. The molecule has 3 rings (SSSR count). The van der Waals surface area contributed by atoms with Crippen molar-refractivity contribution in [1.29, 1.82) is 0 Å². The van der Waals surface area contributed by atoms with E-state index >= 15 is 0 Å². The van der Waals surface area contributed by atoms with Gasteiger partial charge in [-0.15, -0.1) is 0 Å². The van der Waals surface area contributed by atoms with Gasteiger partial charge in [0, 0.05) is 17.7 Å². The van der Waals surface area contributed by atoms with Crippen molar-refractivity contribution < 1.29 is 4.74 Å². The molecule has 3 heteroatoms. The molecule has 0 N–H and O–H groups in total. The summed E-state index contributed by atoms with van der Waals surface area (Å²) < 4.78 is 5.94. The molecule has 0 radical (unpaired) electrons. The SMILES string of the molecule is CN(C)CC[C@H]1c2ccccc2Oc2cccnc21. The van der Waals surface area contributed by atoms with E-state index in [9.17, 15) is 0 Å². The fourth-order valence-corrected chi connectivity index (χ4v) is 2.56. The lowest BCUT2D eigenvalue weighted by Crippen LogP contribution is -2.19. The normalized spacial score (nSPS) is 16.7. The predicted molar refractivity (Wildman–Crippen MR) is 75.8 cm³/mol. The van der Waals surface area contributed by atoms with Crippen LogP contribution in [0.2, 0.25) is 0 Å². The fraction of sp³-hybridized carbons (Fsp3) is 0.312. The van der Waals surface area contributed by atoms with Crippen LogP contribution in [-0.4, -0.2) is 30.5 Å². The summed E-state index contributed by atoms with van der Waals surface area (Å²) in [5.74, 6) is 2.18. The average molecular weight is 254 g/mol. The molecule has 0 fully saturated rings. The number of rotatable bonds is 3. The van der Waals surface area contributed by atoms with Gasteiger partial charge in [0.05, 0.1) is 5.69 Å². The minimum Gasteiger partial charge on any atom is -0.455 e. The van der Waals surface area contributed by atoms with Crippen LogP contribution in [0.1, 0.15) is 23.6 Å². The predicted octanol–water partition coefficient (Wildman–Crippen LogP) is 3.27. The Hall–Kier alpha value is -1.87. The van der Waals surface area contributed by atoms with E-state index in [-0.39, 0.29) is 0 Å². The lowest BCUT2D eigenvalue weighted by atomic mass is 9.89. The molecule has 1 atom stereocenters. The van der Waals surface area contributed by atoms with Crippen LogP contribution in [-0.2, 0) is 0 Å². The smallest absolute Gasteiger partial charge is 0.149 e. The molecule has 1 aromatic heterocycles. The molecule has 19 heavy (non-hydrogen) atoms. The highest BCUT2D eigenvalue weighted by molar-refractivity contribution is 5.50. The zero-order valence-electron chi connectivity index (χ0n) is 11.3. The van der Waals surface area contributed by atoms with Crippen molar-refractivity contribution in [3.8, 4) is 11.5 Å². The van der Waals surface area contributed by atoms with Crippen molar-refractivity contribution >= 4 is 0 Å². The van der Waals surface area contributed by atoms with E-state index in [0.717, 1.165) is 30.2 Å². The maximum Gasteiger partial charge on any atom is 0.149 e.